The summed E-state index contributed by atoms with van der Waals surface area (Å²) in [6.45, 7) is 2.64. The van der Waals surface area contributed by atoms with Crippen molar-refractivity contribution in [3.05, 3.63) is 40.6 Å². The van der Waals surface area contributed by atoms with Crippen LogP contribution in [0, 0.1) is 0 Å². The lowest BCUT2D eigenvalue weighted by molar-refractivity contribution is 0.0696. The number of benzene rings is 1. The molecule has 1 heterocycles. The second kappa shape index (κ2) is 6.40. The molecule has 8 heteroatoms. The van der Waals surface area contributed by atoms with Gasteiger partial charge in [0, 0.05) is 22.9 Å². The highest BCUT2D eigenvalue weighted by Crippen LogP contribution is 2.21. The first-order chi connectivity index (χ1) is 9.99. The van der Waals surface area contributed by atoms with E-state index in [9.17, 15) is 9.59 Å². The number of amides is 2. The van der Waals surface area contributed by atoms with E-state index >= 15 is 0 Å². The van der Waals surface area contributed by atoms with Gasteiger partial charge in [-0.3, -0.25) is 4.68 Å². The van der Waals surface area contributed by atoms with E-state index in [4.69, 9.17) is 5.11 Å². The van der Waals surface area contributed by atoms with E-state index in [1.807, 2.05) is 6.92 Å². The van der Waals surface area contributed by atoms with Gasteiger partial charge in [-0.1, -0.05) is 0 Å². The second-order valence-electron chi connectivity index (χ2n) is 4.16. The molecule has 0 radical (unpaired) electrons. The highest BCUT2D eigenvalue weighted by molar-refractivity contribution is 9.10. The van der Waals surface area contributed by atoms with Crippen LogP contribution < -0.4 is 10.6 Å². The molecule has 110 valence electrons. The van der Waals surface area contributed by atoms with Crippen LogP contribution in [0.1, 0.15) is 17.3 Å². The Labute approximate surface area is 129 Å². The summed E-state index contributed by atoms with van der Waals surface area (Å²) >= 11 is 3.14. The van der Waals surface area contributed by atoms with Gasteiger partial charge in [-0.25, -0.2) is 9.59 Å². The van der Waals surface area contributed by atoms with Gasteiger partial charge in [0.1, 0.15) is 0 Å². The van der Waals surface area contributed by atoms with Crippen LogP contribution in [0.3, 0.4) is 0 Å². The molecule has 0 spiro atoms. The van der Waals surface area contributed by atoms with Crippen LogP contribution >= 0.6 is 15.9 Å². The third-order valence-corrected chi connectivity index (χ3v) is 3.36. The van der Waals surface area contributed by atoms with E-state index in [0.29, 0.717) is 22.4 Å². The van der Waals surface area contributed by atoms with Gasteiger partial charge >= 0.3 is 12.0 Å². The van der Waals surface area contributed by atoms with Crippen LogP contribution in [0.15, 0.2) is 35.1 Å². The maximum absolute atomic E-state index is 11.8. The lowest BCUT2D eigenvalue weighted by Crippen LogP contribution is -2.19. The number of nitrogens with zero attached hydrogens (tertiary/aromatic N) is 2. The summed E-state index contributed by atoms with van der Waals surface area (Å²) < 4.78 is 2.13. The summed E-state index contributed by atoms with van der Waals surface area (Å²) in [6, 6.07) is 4.07. The maximum Gasteiger partial charge on any atom is 0.336 e. The average molecular weight is 353 g/mol. The molecule has 2 aromatic rings. The third-order valence-electron chi connectivity index (χ3n) is 2.67. The van der Waals surface area contributed by atoms with Crippen molar-refractivity contribution in [2.75, 3.05) is 10.6 Å². The number of carboxylic acid groups (broad SMARTS) is 1. The van der Waals surface area contributed by atoms with Crippen molar-refractivity contribution >= 4 is 39.3 Å². The summed E-state index contributed by atoms with van der Waals surface area (Å²) in [6.07, 6.45) is 3.23. The number of anilines is 2. The number of hydrogen-bond donors (Lipinski definition) is 3. The van der Waals surface area contributed by atoms with E-state index < -0.39 is 12.0 Å². The monoisotopic (exact) mass is 352 g/mol. The molecule has 0 aliphatic rings. The van der Waals surface area contributed by atoms with E-state index in [-0.39, 0.29) is 5.56 Å². The van der Waals surface area contributed by atoms with Crippen LogP contribution in [0.5, 0.6) is 0 Å². The number of hydrogen-bond acceptors (Lipinski definition) is 3. The van der Waals surface area contributed by atoms with Crippen molar-refractivity contribution in [3.63, 3.8) is 0 Å². The van der Waals surface area contributed by atoms with Gasteiger partial charge in [0.2, 0.25) is 0 Å². The first-order valence-electron chi connectivity index (χ1n) is 6.13. The number of urea groups is 1. The lowest BCUT2D eigenvalue weighted by atomic mass is 10.2. The number of carbonyl (C=O) groups excluding carboxylic acids is 1. The molecule has 1 aromatic carbocycles. The Kier molecular flexibility index (Phi) is 4.59. The Balaban J connectivity index is 2.05. The number of halogens is 1. The summed E-state index contributed by atoms with van der Waals surface area (Å²) in [5, 5.41) is 18.2. The Bertz CT molecular complexity index is 684. The van der Waals surface area contributed by atoms with Crippen LogP contribution in [-0.2, 0) is 6.54 Å². The minimum atomic E-state index is -1.07. The van der Waals surface area contributed by atoms with Crippen molar-refractivity contribution in [1.82, 2.24) is 9.78 Å². The van der Waals surface area contributed by atoms with Gasteiger partial charge in [0.15, 0.2) is 0 Å². The molecule has 0 unspecified atom stereocenters. The molecular weight excluding hydrogens is 340 g/mol. The third kappa shape index (κ3) is 3.82. The van der Waals surface area contributed by atoms with Crippen LogP contribution in [-0.4, -0.2) is 26.9 Å². The first kappa shape index (κ1) is 15.0. The SMILES string of the molecule is CCn1cc(NC(=O)Nc2ccc(Br)c(C(=O)O)c2)cn1. The Morgan fingerprint density at radius 1 is 1.33 bits per heavy atom. The molecule has 0 saturated heterocycles. The fourth-order valence-corrected chi connectivity index (χ4v) is 2.08. The molecule has 21 heavy (non-hydrogen) atoms. The number of carbonyl (C=O) groups is 2. The fraction of sp³-hybridized carbons (Fsp3) is 0.154. The molecule has 2 rings (SSSR count). The van der Waals surface area contributed by atoms with Gasteiger partial charge in [-0.15, -0.1) is 0 Å². The molecule has 7 nitrogen and oxygen atoms in total. The smallest absolute Gasteiger partial charge is 0.336 e. The highest BCUT2D eigenvalue weighted by Gasteiger charge is 2.11. The quantitative estimate of drug-likeness (QED) is 0.787. The molecule has 0 aliphatic carbocycles. The van der Waals surface area contributed by atoms with Crippen molar-refractivity contribution < 1.29 is 14.7 Å². The number of rotatable bonds is 4. The predicted octanol–water partition coefficient (Wildman–Crippen LogP) is 3.01. The molecule has 0 atom stereocenters. The number of aryl methyl sites for hydroxylation is 1. The second-order valence-corrected chi connectivity index (χ2v) is 5.02. The highest BCUT2D eigenvalue weighted by atomic mass is 79.9. The molecule has 0 fully saturated rings. The topological polar surface area (TPSA) is 96.2 Å². The summed E-state index contributed by atoms with van der Waals surface area (Å²) in [7, 11) is 0. The van der Waals surface area contributed by atoms with E-state index in [1.165, 1.54) is 12.3 Å². The summed E-state index contributed by atoms with van der Waals surface area (Å²) in [5.74, 6) is -1.07. The van der Waals surface area contributed by atoms with Gasteiger partial charge in [-0.2, -0.15) is 5.10 Å². The molecule has 0 saturated carbocycles. The van der Waals surface area contributed by atoms with E-state index in [1.54, 1.807) is 23.0 Å². The standard InChI is InChI=1S/C13H13BrN4O3/c1-2-18-7-9(6-15-18)17-13(21)16-8-3-4-11(14)10(5-8)12(19)20/h3-7H,2H2,1H3,(H,19,20)(H2,16,17,21). The molecular formula is C13H13BrN4O3. The van der Waals surface area contributed by atoms with Gasteiger partial charge in [0.25, 0.3) is 0 Å². The van der Waals surface area contributed by atoms with Gasteiger partial charge < -0.3 is 15.7 Å². The minimum Gasteiger partial charge on any atom is -0.478 e. The molecule has 2 amide bonds. The Morgan fingerprint density at radius 2 is 2.05 bits per heavy atom. The van der Waals surface area contributed by atoms with Crippen molar-refractivity contribution in [3.8, 4) is 0 Å². The van der Waals surface area contributed by atoms with Crippen molar-refractivity contribution in [1.29, 1.82) is 0 Å². The normalized spacial score (nSPS) is 10.2. The minimum absolute atomic E-state index is 0.0756. The van der Waals surface area contributed by atoms with Crippen LogP contribution in [0.4, 0.5) is 16.2 Å². The first-order valence-corrected chi connectivity index (χ1v) is 6.92. The zero-order chi connectivity index (χ0) is 15.4. The predicted molar refractivity (Wildman–Crippen MR) is 81.6 cm³/mol. The molecule has 0 aliphatic heterocycles. The number of aromatic nitrogens is 2. The fourth-order valence-electron chi connectivity index (χ4n) is 1.66. The number of aromatic carboxylic acids is 1. The van der Waals surface area contributed by atoms with Crippen molar-refractivity contribution in [2.45, 2.75) is 13.5 Å². The largest absolute Gasteiger partial charge is 0.478 e. The molecule has 0 bridgehead atoms. The van der Waals surface area contributed by atoms with E-state index in [2.05, 4.69) is 31.7 Å². The molecule has 3 N–H and O–H groups in total. The molecule has 1 aromatic heterocycles. The van der Waals surface area contributed by atoms with E-state index in [0.717, 1.165) is 0 Å². The van der Waals surface area contributed by atoms with Gasteiger partial charge in [0.05, 0.1) is 17.4 Å². The summed E-state index contributed by atoms with van der Waals surface area (Å²) in [5.41, 5.74) is 1.02. The zero-order valence-electron chi connectivity index (χ0n) is 11.1. The Hall–Kier alpha value is -2.35. The number of nitrogens with one attached hydrogen (secondary N) is 2. The van der Waals surface area contributed by atoms with Crippen LogP contribution in [0.25, 0.3) is 0 Å². The van der Waals surface area contributed by atoms with Crippen LogP contribution in [0.2, 0.25) is 0 Å². The Morgan fingerprint density at radius 3 is 2.67 bits per heavy atom. The lowest BCUT2D eigenvalue weighted by Gasteiger charge is -2.07. The average Bonchev–Trinajstić information content (AvgIpc) is 2.88. The maximum atomic E-state index is 11.8. The zero-order valence-corrected chi connectivity index (χ0v) is 12.7. The number of carboxylic acids is 1. The van der Waals surface area contributed by atoms with Gasteiger partial charge in [-0.05, 0) is 41.1 Å². The van der Waals surface area contributed by atoms with Crippen molar-refractivity contribution in [2.24, 2.45) is 0 Å². The summed E-state index contributed by atoms with van der Waals surface area (Å²) in [4.78, 5) is 22.8.